The Bertz CT molecular complexity index is 646. The summed E-state index contributed by atoms with van der Waals surface area (Å²) in [5.74, 6) is 0.166. The molecule has 0 saturated carbocycles. The number of rotatable bonds is 6. The van der Waals surface area contributed by atoms with Crippen LogP contribution in [0.5, 0.6) is 0 Å². The van der Waals surface area contributed by atoms with E-state index in [1.54, 1.807) is 0 Å². The lowest BCUT2D eigenvalue weighted by Gasteiger charge is -2.06. The SMILES string of the molecule is CCc1nn(CC)c(CC(=O)Cc2cccc(C)c2)c1Cl. The first-order chi connectivity index (χ1) is 10.0. The van der Waals surface area contributed by atoms with Crippen LogP contribution in [0, 0.1) is 6.92 Å². The molecule has 112 valence electrons. The van der Waals surface area contributed by atoms with E-state index in [9.17, 15) is 4.79 Å². The molecule has 0 N–H and O–H groups in total. The predicted molar refractivity (Wildman–Crippen MR) is 85.9 cm³/mol. The summed E-state index contributed by atoms with van der Waals surface area (Å²) in [6.45, 7) is 6.79. The van der Waals surface area contributed by atoms with Crippen molar-refractivity contribution in [3.05, 3.63) is 51.8 Å². The number of hydrogen-bond acceptors (Lipinski definition) is 2. The maximum absolute atomic E-state index is 12.3. The highest BCUT2D eigenvalue weighted by Gasteiger charge is 2.17. The molecular weight excluding hydrogens is 284 g/mol. The summed E-state index contributed by atoms with van der Waals surface area (Å²) in [6, 6.07) is 8.05. The van der Waals surface area contributed by atoms with Crippen LogP contribution in [-0.4, -0.2) is 15.6 Å². The van der Waals surface area contributed by atoms with Gasteiger partial charge in [0, 0.05) is 13.0 Å². The molecule has 3 nitrogen and oxygen atoms in total. The highest BCUT2D eigenvalue weighted by Crippen LogP contribution is 2.22. The summed E-state index contributed by atoms with van der Waals surface area (Å²) >= 11 is 6.35. The van der Waals surface area contributed by atoms with Crippen LogP contribution in [0.1, 0.15) is 36.4 Å². The minimum Gasteiger partial charge on any atom is -0.299 e. The van der Waals surface area contributed by atoms with Gasteiger partial charge in [0.2, 0.25) is 0 Å². The molecule has 0 aliphatic rings. The molecule has 4 heteroatoms. The molecule has 1 aromatic heterocycles. The maximum atomic E-state index is 12.3. The zero-order valence-corrected chi connectivity index (χ0v) is 13.6. The molecule has 21 heavy (non-hydrogen) atoms. The number of benzene rings is 1. The summed E-state index contributed by atoms with van der Waals surface area (Å²) in [7, 11) is 0. The number of halogens is 1. The molecule has 0 atom stereocenters. The summed E-state index contributed by atoms with van der Waals surface area (Å²) < 4.78 is 1.84. The van der Waals surface area contributed by atoms with Crippen LogP contribution in [-0.2, 0) is 30.6 Å². The molecule has 0 unspecified atom stereocenters. The van der Waals surface area contributed by atoms with Gasteiger partial charge in [-0.3, -0.25) is 9.48 Å². The Morgan fingerprint density at radius 1 is 1.29 bits per heavy atom. The van der Waals surface area contributed by atoms with Gasteiger partial charge >= 0.3 is 0 Å². The normalized spacial score (nSPS) is 10.9. The van der Waals surface area contributed by atoms with Gasteiger partial charge < -0.3 is 0 Å². The smallest absolute Gasteiger partial charge is 0.143 e. The van der Waals surface area contributed by atoms with E-state index in [0.29, 0.717) is 17.9 Å². The third kappa shape index (κ3) is 3.73. The first kappa shape index (κ1) is 15.8. The fraction of sp³-hybridized carbons (Fsp3) is 0.412. The average molecular weight is 305 g/mol. The molecule has 0 fully saturated rings. The van der Waals surface area contributed by atoms with Crippen LogP contribution >= 0.6 is 11.6 Å². The minimum atomic E-state index is 0.166. The molecule has 0 bridgehead atoms. The van der Waals surface area contributed by atoms with Crippen molar-refractivity contribution >= 4 is 17.4 Å². The second-order valence-corrected chi connectivity index (χ2v) is 5.64. The monoisotopic (exact) mass is 304 g/mol. The third-order valence-corrected chi connectivity index (χ3v) is 3.98. The highest BCUT2D eigenvalue weighted by molar-refractivity contribution is 6.32. The van der Waals surface area contributed by atoms with E-state index in [4.69, 9.17) is 11.6 Å². The molecule has 0 amide bonds. The molecule has 2 rings (SSSR count). The van der Waals surface area contributed by atoms with Crippen molar-refractivity contribution < 1.29 is 4.79 Å². The number of Topliss-reactive ketones (excluding diaryl/α,β-unsaturated/α-hetero) is 1. The lowest BCUT2D eigenvalue weighted by atomic mass is 10.0. The third-order valence-electron chi connectivity index (χ3n) is 3.54. The second-order valence-electron chi connectivity index (χ2n) is 5.26. The van der Waals surface area contributed by atoms with E-state index in [0.717, 1.165) is 29.9 Å². The fourth-order valence-electron chi connectivity index (χ4n) is 2.49. The van der Waals surface area contributed by atoms with Gasteiger partial charge in [0.15, 0.2) is 0 Å². The summed E-state index contributed by atoms with van der Waals surface area (Å²) in [6.07, 6.45) is 1.56. The lowest BCUT2D eigenvalue weighted by molar-refractivity contribution is -0.117. The van der Waals surface area contributed by atoms with Gasteiger partial charge in [-0.15, -0.1) is 0 Å². The van der Waals surface area contributed by atoms with Crippen molar-refractivity contribution in [2.24, 2.45) is 0 Å². The number of carbonyl (C=O) groups is 1. The summed E-state index contributed by atoms with van der Waals surface area (Å²) in [5.41, 5.74) is 3.94. The molecule has 1 aromatic carbocycles. The van der Waals surface area contributed by atoms with Gasteiger partial charge in [-0.25, -0.2) is 0 Å². The van der Waals surface area contributed by atoms with Crippen molar-refractivity contribution in [3.8, 4) is 0 Å². The lowest BCUT2D eigenvalue weighted by Crippen LogP contribution is -2.12. The fourth-order valence-corrected chi connectivity index (χ4v) is 2.82. The van der Waals surface area contributed by atoms with E-state index < -0.39 is 0 Å². The van der Waals surface area contributed by atoms with Gasteiger partial charge in [-0.1, -0.05) is 48.4 Å². The molecule has 0 radical (unpaired) electrons. The number of carbonyl (C=O) groups excluding carboxylic acids is 1. The molecule has 0 aliphatic heterocycles. The van der Waals surface area contributed by atoms with Crippen LogP contribution in [0.2, 0.25) is 5.02 Å². The molecule has 0 spiro atoms. The Morgan fingerprint density at radius 3 is 2.67 bits per heavy atom. The number of hydrogen-bond donors (Lipinski definition) is 0. The Balaban J connectivity index is 2.14. The van der Waals surface area contributed by atoms with E-state index in [1.165, 1.54) is 5.56 Å². The maximum Gasteiger partial charge on any atom is 0.143 e. The first-order valence-electron chi connectivity index (χ1n) is 7.36. The molecule has 0 aliphatic carbocycles. The summed E-state index contributed by atoms with van der Waals surface area (Å²) in [5, 5.41) is 5.10. The number of aromatic nitrogens is 2. The van der Waals surface area contributed by atoms with Crippen LogP contribution in [0.4, 0.5) is 0 Å². The Labute approximate surface area is 130 Å². The van der Waals surface area contributed by atoms with Crippen LogP contribution in [0.25, 0.3) is 0 Å². The van der Waals surface area contributed by atoms with Crippen LogP contribution in [0.15, 0.2) is 24.3 Å². The second kappa shape index (κ2) is 6.90. The van der Waals surface area contributed by atoms with Crippen LogP contribution in [0.3, 0.4) is 0 Å². The van der Waals surface area contributed by atoms with Gasteiger partial charge in [0.05, 0.1) is 22.8 Å². The van der Waals surface area contributed by atoms with Gasteiger partial charge in [0.1, 0.15) is 5.78 Å². The summed E-state index contributed by atoms with van der Waals surface area (Å²) in [4.78, 5) is 12.3. The number of ketones is 1. The Hall–Kier alpha value is -1.61. The van der Waals surface area contributed by atoms with Crippen molar-refractivity contribution in [1.29, 1.82) is 0 Å². The van der Waals surface area contributed by atoms with Gasteiger partial charge in [-0.05, 0) is 25.8 Å². The van der Waals surface area contributed by atoms with Crippen molar-refractivity contribution in [2.75, 3.05) is 0 Å². The zero-order valence-electron chi connectivity index (χ0n) is 12.8. The van der Waals surface area contributed by atoms with E-state index >= 15 is 0 Å². The minimum absolute atomic E-state index is 0.166. The van der Waals surface area contributed by atoms with Crippen LogP contribution < -0.4 is 0 Å². The Morgan fingerprint density at radius 2 is 2.05 bits per heavy atom. The quantitative estimate of drug-likeness (QED) is 0.814. The highest BCUT2D eigenvalue weighted by atomic mass is 35.5. The molecule has 0 saturated heterocycles. The molecular formula is C17H21ClN2O. The van der Waals surface area contributed by atoms with Crippen molar-refractivity contribution in [1.82, 2.24) is 9.78 Å². The Kier molecular flexibility index (Phi) is 5.18. The molecule has 2 aromatic rings. The van der Waals surface area contributed by atoms with Crippen molar-refractivity contribution in [3.63, 3.8) is 0 Å². The van der Waals surface area contributed by atoms with Crippen molar-refractivity contribution in [2.45, 2.75) is 46.6 Å². The first-order valence-corrected chi connectivity index (χ1v) is 7.74. The zero-order chi connectivity index (χ0) is 15.4. The number of nitrogens with zero attached hydrogens (tertiary/aromatic N) is 2. The number of aryl methyl sites for hydroxylation is 3. The van der Waals surface area contributed by atoms with Gasteiger partial charge in [0.25, 0.3) is 0 Å². The topological polar surface area (TPSA) is 34.9 Å². The average Bonchev–Trinajstić information content (AvgIpc) is 2.75. The van der Waals surface area contributed by atoms with Gasteiger partial charge in [-0.2, -0.15) is 5.10 Å². The van der Waals surface area contributed by atoms with E-state index in [-0.39, 0.29) is 5.78 Å². The largest absolute Gasteiger partial charge is 0.299 e. The standard InChI is InChI=1S/C17H21ClN2O/c1-4-15-17(18)16(20(5-2)19-15)11-14(21)10-13-8-6-7-12(3)9-13/h6-9H,4-5,10-11H2,1-3H3. The van der Waals surface area contributed by atoms with E-state index in [1.807, 2.05) is 49.7 Å². The predicted octanol–water partition coefficient (Wildman–Crippen LogP) is 3.78. The van der Waals surface area contributed by atoms with E-state index in [2.05, 4.69) is 5.10 Å². The molecule has 1 heterocycles.